The Balaban J connectivity index is 2.52. The fraction of sp³-hybridized carbons (Fsp3) is 0.600. The van der Waals surface area contributed by atoms with Crippen LogP contribution in [0.25, 0.3) is 0 Å². The summed E-state index contributed by atoms with van der Waals surface area (Å²) in [5.41, 5.74) is -0.946. The average molecular weight is 254 g/mol. The molecule has 0 amide bonds. The highest BCUT2D eigenvalue weighted by molar-refractivity contribution is 5.32. The zero-order chi connectivity index (χ0) is 13.7. The zero-order valence-corrected chi connectivity index (χ0v) is 11.3. The summed E-state index contributed by atoms with van der Waals surface area (Å²) in [7, 11) is 0. The van der Waals surface area contributed by atoms with Gasteiger partial charge >= 0.3 is 0 Å². The van der Waals surface area contributed by atoms with Gasteiger partial charge in [-0.25, -0.2) is 8.78 Å². The molecule has 0 saturated heterocycles. The lowest BCUT2D eigenvalue weighted by Gasteiger charge is -2.29. The molecule has 100 valence electrons. The third-order valence-electron chi connectivity index (χ3n) is 4.16. The molecular weight excluding hydrogens is 234 g/mol. The zero-order valence-electron chi connectivity index (χ0n) is 11.3. The lowest BCUT2D eigenvalue weighted by molar-refractivity contribution is -0.00465. The van der Waals surface area contributed by atoms with Crippen LogP contribution < -0.4 is 0 Å². The summed E-state index contributed by atoms with van der Waals surface area (Å²) in [6, 6.07) is 3.05. The normalized spacial score (nSPS) is 30.7. The molecule has 1 aromatic rings. The lowest BCUT2D eigenvalue weighted by Crippen LogP contribution is -2.30. The van der Waals surface area contributed by atoms with Crippen LogP contribution in [0.1, 0.15) is 44.7 Å². The van der Waals surface area contributed by atoms with Crippen LogP contribution >= 0.6 is 0 Å². The molecule has 1 fully saturated rings. The van der Waals surface area contributed by atoms with Crippen molar-refractivity contribution in [2.24, 2.45) is 11.3 Å². The van der Waals surface area contributed by atoms with Crippen LogP contribution in [-0.2, 0) is 5.60 Å². The fourth-order valence-electron chi connectivity index (χ4n) is 3.31. The van der Waals surface area contributed by atoms with Crippen molar-refractivity contribution >= 4 is 0 Å². The Labute approximate surface area is 107 Å². The van der Waals surface area contributed by atoms with Crippen molar-refractivity contribution in [3.8, 4) is 0 Å². The minimum atomic E-state index is -1.26. The molecule has 0 spiro atoms. The van der Waals surface area contributed by atoms with Crippen LogP contribution in [0, 0.1) is 29.9 Å². The molecule has 2 atom stereocenters. The topological polar surface area (TPSA) is 20.2 Å². The third kappa shape index (κ3) is 1.95. The maximum Gasteiger partial charge on any atom is 0.165 e. The van der Waals surface area contributed by atoms with Crippen molar-refractivity contribution < 1.29 is 13.9 Å². The van der Waals surface area contributed by atoms with Crippen LogP contribution in [0.15, 0.2) is 12.1 Å². The van der Waals surface area contributed by atoms with E-state index in [4.69, 9.17) is 0 Å². The van der Waals surface area contributed by atoms with E-state index in [-0.39, 0.29) is 22.5 Å². The van der Waals surface area contributed by atoms with Crippen molar-refractivity contribution in [1.29, 1.82) is 0 Å². The maximum absolute atomic E-state index is 14.0. The summed E-state index contributed by atoms with van der Waals surface area (Å²) in [6.45, 7) is 7.51. The molecular formula is C15H20F2O. The quantitative estimate of drug-likeness (QED) is 0.805. The Bertz CT molecular complexity index is 482. The van der Waals surface area contributed by atoms with E-state index in [9.17, 15) is 13.9 Å². The van der Waals surface area contributed by atoms with Crippen molar-refractivity contribution in [3.63, 3.8) is 0 Å². The number of halogens is 2. The highest BCUT2D eigenvalue weighted by Crippen LogP contribution is 2.53. The molecule has 0 aromatic heterocycles. The van der Waals surface area contributed by atoms with Crippen molar-refractivity contribution in [2.75, 3.05) is 0 Å². The monoisotopic (exact) mass is 254 g/mol. The summed E-state index contributed by atoms with van der Waals surface area (Å²) >= 11 is 0. The van der Waals surface area contributed by atoms with Crippen LogP contribution in [0.5, 0.6) is 0 Å². The summed E-state index contributed by atoms with van der Waals surface area (Å²) in [6.07, 6.45) is 1.26. The molecule has 0 bridgehead atoms. The van der Waals surface area contributed by atoms with E-state index in [0.29, 0.717) is 6.42 Å². The van der Waals surface area contributed by atoms with Gasteiger partial charge in [0, 0.05) is 5.56 Å². The number of aliphatic hydroxyl groups is 1. The van der Waals surface area contributed by atoms with E-state index >= 15 is 0 Å². The number of rotatable bonds is 1. The second-order valence-electron chi connectivity index (χ2n) is 6.43. The van der Waals surface area contributed by atoms with E-state index in [2.05, 4.69) is 0 Å². The second kappa shape index (κ2) is 4.02. The Kier molecular flexibility index (Phi) is 3.01. The standard InChI is InChI=1S/C15H20F2O/c1-9-5-6-11(13(17)12(9)16)15(18)8-14(3,4)7-10(15)2/h5-6,10,18H,7-8H2,1-4H3. The molecule has 1 N–H and O–H groups in total. The van der Waals surface area contributed by atoms with Gasteiger partial charge < -0.3 is 5.11 Å². The van der Waals surface area contributed by atoms with Gasteiger partial charge in [-0.05, 0) is 36.7 Å². The van der Waals surface area contributed by atoms with Gasteiger partial charge in [0.15, 0.2) is 11.6 Å². The Hall–Kier alpha value is -0.960. The van der Waals surface area contributed by atoms with E-state index in [1.165, 1.54) is 19.1 Å². The number of hydrogen-bond donors (Lipinski definition) is 1. The van der Waals surface area contributed by atoms with E-state index in [1.807, 2.05) is 20.8 Å². The van der Waals surface area contributed by atoms with Crippen molar-refractivity contribution in [2.45, 2.75) is 46.1 Å². The molecule has 3 heteroatoms. The van der Waals surface area contributed by atoms with E-state index in [0.717, 1.165) is 6.42 Å². The van der Waals surface area contributed by atoms with Gasteiger partial charge in [-0.15, -0.1) is 0 Å². The predicted octanol–water partition coefficient (Wildman–Crippen LogP) is 3.92. The van der Waals surface area contributed by atoms with Crippen molar-refractivity contribution in [1.82, 2.24) is 0 Å². The number of benzene rings is 1. The van der Waals surface area contributed by atoms with Crippen LogP contribution in [-0.4, -0.2) is 5.11 Å². The first-order valence-electron chi connectivity index (χ1n) is 6.35. The average Bonchev–Trinajstić information content (AvgIpc) is 2.44. The molecule has 1 aliphatic rings. The third-order valence-corrected chi connectivity index (χ3v) is 4.16. The summed E-state index contributed by atoms with van der Waals surface area (Å²) in [4.78, 5) is 0. The molecule has 1 aromatic carbocycles. The molecule has 1 saturated carbocycles. The van der Waals surface area contributed by atoms with E-state index in [1.54, 1.807) is 0 Å². The van der Waals surface area contributed by atoms with Gasteiger partial charge in [-0.2, -0.15) is 0 Å². The predicted molar refractivity (Wildman–Crippen MR) is 67.2 cm³/mol. The fourth-order valence-corrected chi connectivity index (χ4v) is 3.31. The van der Waals surface area contributed by atoms with Gasteiger partial charge in [-0.3, -0.25) is 0 Å². The molecule has 18 heavy (non-hydrogen) atoms. The Morgan fingerprint density at radius 1 is 1.22 bits per heavy atom. The van der Waals surface area contributed by atoms with Crippen molar-refractivity contribution in [3.05, 3.63) is 34.9 Å². The Morgan fingerprint density at radius 3 is 2.33 bits per heavy atom. The molecule has 0 radical (unpaired) electrons. The summed E-state index contributed by atoms with van der Waals surface area (Å²) < 4.78 is 27.7. The minimum Gasteiger partial charge on any atom is -0.385 e. The smallest absolute Gasteiger partial charge is 0.165 e. The number of aryl methyl sites for hydroxylation is 1. The molecule has 0 heterocycles. The van der Waals surface area contributed by atoms with Gasteiger partial charge in [0.25, 0.3) is 0 Å². The number of hydrogen-bond acceptors (Lipinski definition) is 1. The maximum atomic E-state index is 14.0. The first kappa shape index (κ1) is 13.5. The summed E-state index contributed by atoms with van der Waals surface area (Å²) in [5.74, 6) is -1.83. The highest BCUT2D eigenvalue weighted by Gasteiger charge is 2.49. The first-order chi connectivity index (χ1) is 8.17. The van der Waals surface area contributed by atoms with Crippen LogP contribution in [0.3, 0.4) is 0 Å². The minimum absolute atomic E-state index is 0.0536. The summed E-state index contributed by atoms with van der Waals surface area (Å²) in [5, 5.41) is 10.8. The van der Waals surface area contributed by atoms with Gasteiger partial charge in [0.2, 0.25) is 0 Å². The first-order valence-corrected chi connectivity index (χ1v) is 6.35. The molecule has 1 nitrogen and oxygen atoms in total. The van der Waals surface area contributed by atoms with Crippen LogP contribution in [0.4, 0.5) is 8.78 Å². The van der Waals surface area contributed by atoms with Gasteiger partial charge in [0.1, 0.15) is 0 Å². The Morgan fingerprint density at radius 2 is 1.83 bits per heavy atom. The molecule has 2 rings (SSSR count). The van der Waals surface area contributed by atoms with E-state index < -0.39 is 17.2 Å². The molecule has 1 aliphatic carbocycles. The molecule has 2 unspecified atom stereocenters. The largest absolute Gasteiger partial charge is 0.385 e. The highest BCUT2D eigenvalue weighted by atomic mass is 19.2. The van der Waals surface area contributed by atoms with Crippen LogP contribution in [0.2, 0.25) is 0 Å². The molecule has 0 aliphatic heterocycles. The van der Waals surface area contributed by atoms with Gasteiger partial charge in [-0.1, -0.05) is 32.9 Å². The lowest BCUT2D eigenvalue weighted by atomic mass is 9.83. The van der Waals surface area contributed by atoms with Gasteiger partial charge in [0.05, 0.1) is 5.60 Å². The SMILES string of the molecule is Cc1ccc(C2(O)CC(C)(C)CC2C)c(F)c1F. The second-order valence-corrected chi connectivity index (χ2v) is 6.43.